The Labute approximate surface area is 161 Å². The molecule has 0 fully saturated rings. The quantitative estimate of drug-likeness (QED) is 0.601. The minimum atomic E-state index is -0.0724. The molecule has 1 aromatic heterocycles. The number of nitrogens with zero attached hydrogens (tertiary/aromatic N) is 2. The summed E-state index contributed by atoms with van der Waals surface area (Å²) >= 11 is 7.19. The van der Waals surface area contributed by atoms with Gasteiger partial charge in [-0.05, 0) is 48.7 Å². The standard InChI is InChI=1S/C19H19ClN4OS/c1-3-13-6-4-5-12(2)17(13)21-16(25)11-26-19-22-18(23-24-19)14-7-9-15(20)10-8-14/h4-10H,3,11H2,1-2H3,(H,21,25)(H,22,23,24). The molecule has 0 atom stereocenters. The second kappa shape index (κ2) is 8.38. The average Bonchev–Trinajstić information content (AvgIpc) is 3.11. The number of nitrogens with one attached hydrogen (secondary N) is 2. The number of carbonyl (C=O) groups excluding carboxylic acids is 1. The van der Waals surface area contributed by atoms with Crippen molar-refractivity contribution >= 4 is 35.0 Å². The van der Waals surface area contributed by atoms with E-state index >= 15 is 0 Å². The predicted octanol–water partition coefficient (Wildman–Crippen LogP) is 4.73. The van der Waals surface area contributed by atoms with Gasteiger partial charge in [0.2, 0.25) is 11.1 Å². The van der Waals surface area contributed by atoms with Crippen molar-refractivity contribution in [2.24, 2.45) is 0 Å². The molecule has 0 spiro atoms. The number of thioether (sulfide) groups is 1. The summed E-state index contributed by atoms with van der Waals surface area (Å²) in [6.07, 6.45) is 0.871. The first-order valence-electron chi connectivity index (χ1n) is 8.26. The first-order valence-corrected chi connectivity index (χ1v) is 9.62. The van der Waals surface area contributed by atoms with Gasteiger partial charge >= 0.3 is 0 Å². The van der Waals surface area contributed by atoms with E-state index in [1.54, 1.807) is 12.1 Å². The Morgan fingerprint density at radius 2 is 2.00 bits per heavy atom. The molecule has 3 rings (SSSR count). The van der Waals surface area contributed by atoms with Gasteiger partial charge in [-0.1, -0.05) is 48.5 Å². The largest absolute Gasteiger partial charge is 0.325 e. The van der Waals surface area contributed by atoms with E-state index in [1.807, 2.05) is 37.3 Å². The number of carbonyl (C=O) groups is 1. The maximum Gasteiger partial charge on any atom is 0.234 e. The lowest BCUT2D eigenvalue weighted by Gasteiger charge is -2.12. The zero-order valence-corrected chi connectivity index (χ0v) is 16.1. The Bertz CT molecular complexity index is 908. The van der Waals surface area contributed by atoms with Crippen molar-refractivity contribution < 1.29 is 4.79 Å². The number of para-hydroxylation sites is 1. The van der Waals surface area contributed by atoms with Gasteiger partial charge in [0.1, 0.15) is 0 Å². The molecule has 0 saturated heterocycles. The van der Waals surface area contributed by atoms with E-state index in [1.165, 1.54) is 11.8 Å². The minimum Gasteiger partial charge on any atom is -0.325 e. The van der Waals surface area contributed by atoms with E-state index in [0.717, 1.165) is 28.8 Å². The van der Waals surface area contributed by atoms with Crippen LogP contribution in [-0.2, 0) is 11.2 Å². The van der Waals surface area contributed by atoms with Gasteiger partial charge in [0.25, 0.3) is 0 Å². The molecule has 134 valence electrons. The number of hydrogen-bond acceptors (Lipinski definition) is 4. The molecule has 0 aliphatic carbocycles. The van der Waals surface area contributed by atoms with Crippen LogP contribution in [0.2, 0.25) is 5.02 Å². The number of benzene rings is 2. The van der Waals surface area contributed by atoms with Crippen molar-refractivity contribution in [3.05, 3.63) is 58.6 Å². The van der Waals surface area contributed by atoms with E-state index in [9.17, 15) is 4.79 Å². The fraction of sp³-hybridized carbons (Fsp3) is 0.211. The number of aromatic nitrogens is 3. The molecule has 1 heterocycles. The van der Waals surface area contributed by atoms with Crippen LogP contribution in [0.3, 0.4) is 0 Å². The average molecular weight is 387 g/mol. The number of rotatable bonds is 6. The summed E-state index contributed by atoms with van der Waals surface area (Å²) in [5.74, 6) is 0.823. The third kappa shape index (κ3) is 4.45. The molecule has 2 aromatic carbocycles. The third-order valence-electron chi connectivity index (χ3n) is 3.92. The molecule has 5 nitrogen and oxygen atoms in total. The number of hydrogen-bond donors (Lipinski definition) is 2. The van der Waals surface area contributed by atoms with Crippen LogP contribution in [0.15, 0.2) is 47.6 Å². The second-order valence-electron chi connectivity index (χ2n) is 5.77. The Morgan fingerprint density at radius 1 is 1.23 bits per heavy atom. The Hall–Kier alpha value is -2.31. The lowest BCUT2D eigenvalue weighted by Crippen LogP contribution is -2.16. The van der Waals surface area contributed by atoms with Crippen LogP contribution in [0.4, 0.5) is 5.69 Å². The zero-order valence-electron chi connectivity index (χ0n) is 14.5. The number of H-pyrrole nitrogens is 1. The van der Waals surface area contributed by atoms with Gasteiger partial charge in [0.15, 0.2) is 5.82 Å². The van der Waals surface area contributed by atoms with E-state index in [-0.39, 0.29) is 11.7 Å². The molecule has 1 amide bonds. The van der Waals surface area contributed by atoms with Gasteiger partial charge in [-0.25, -0.2) is 4.98 Å². The van der Waals surface area contributed by atoms with Crippen molar-refractivity contribution in [1.82, 2.24) is 15.2 Å². The van der Waals surface area contributed by atoms with Crippen molar-refractivity contribution in [1.29, 1.82) is 0 Å². The van der Waals surface area contributed by atoms with Gasteiger partial charge in [0, 0.05) is 16.3 Å². The number of aryl methyl sites for hydroxylation is 2. The fourth-order valence-electron chi connectivity index (χ4n) is 2.56. The molecule has 0 radical (unpaired) electrons. The van der Waals surface area contributed by atoms with Crippen LogP contribution in [0, 0.1) is 6.92 Å². The zero-order chi connectivity index (χ0) is 18.5. The van der Waals surface area contributed by atoms with Crippen LogP contribution in [-0.4, -0.2) is 26.8 Å². The highest BCUT2D eigenvalue weighted by Crippen LogP contribution is 2.23. The monoisotopic (exact) mass is 386 g/mol. The minimum absolute atomic E-state index is 0.0724. The summed E-state index contributed by atoms with van der Waals surface area (Å²) in [4.78, 5) is 16.7. The van der Waals surface area contributed by atoms with Gasteiger partial charge in [0.05, 0.1) is 5.75 Å². The molecule has 26 heavy (non-hydrogen) atoms. The van der Waals surface area contributed by atoms with Crippen LogP contribution in [0.25, 0.3) is 11.4 Å². The van der Waals surface area contributed by atoms with E-state index in [4.69, 9.17) is 11.6 Å². The maximum atomic E-state index is 12.3. The fourth-order valence-corrected chi connectivity index (χ4v) is 3.28. The number of amides is 1. The van der Waals surface area contributed by atoms with Gasteiger partial charge in [-0.15, -0.1) is 5.10 Å². The third-order valence-corrected chi connectivity index (χ3v) is 5.02. The number of halogens is 1. The summed E-state index contributed by atoms with van der Waals surface area (Å²) in [5, 5.41) is 11.3. The summed E-state index contributed by atoms with van der Waals surface area (Å²) < 4.78 is 0. The topological polar surface area (TPSA) is 70.7 Å². The second-order valence-corrected chi connectivity index (χ2v) is 7.15. The highest BCUT2D eigenvalue weighted by Gasteiger charge is 2.11. The maximum absolute atomic E-state index is 12.3. The van der Waals surface area contributed by atoms with E-state index < -0.39 is 0 Å². The van der Waals surface area contributed by atoms with Crippen LogP contribution < -0.4 is 5.32 Å². The van der Waals surface area contributed by atoms with Crippen molar-refractivity contribution in [2.75, 3.05) is 11.1 Å². The summed E-state index contributed by atoms with van der Waals surface area (Å²) in [6.45, 7) is 4.07. The van der Waals surface area contributed by atoms with Crippen molar-refractivity contribution in [2.45, 2.75) is 25.4 Å². The lowest BCUT2D eigenvalue weighted by atomic mass is 10.1. The van der Waals surface area contributed by atoms with E-state index in [2.05, 4.69) is 27.4 Å². The van der Waals surface area contributed by atoms with Crippen LogP contribution in [0.5, 0.6) is 0 Å². The molecule has 0 unspecified atom stereocenters. The molecule has 3 aromatic rings. The first kappa shape index (κ1) is 18.5. The molecular weight excluding hydrogens is 368 g/mol. The molecule has 0 aliphatic rings. The normalized spacial score (nSPS) is 10.7. The Morgan fingerprint density at radius 3 is 2.73 bits per heavy atom. The molecule has 7 heteroatoms. The molecule has 0 aliphatic heterocycles. The molecule has 0 saturated carbocycles. The molecular formula is C19H19ClN4OS. The first-order chi connectivity index (χ1) is 12.6. The Balaban J connectivity index is 1.61. The number of aromatic amines is 1. The summed E-state index contributed by atoms with van der Waals surface area (Å²) in [6, 6.07) is 13.4. The SMILES string of the molecule is CCc1cccc(C)c1NC(=O)CSc1n[nH]c(-c2ccc(Cl)cc2)n1. The van der Waals surface area contributed by atoms with Gasteiger partial charge in [-0.2, -0.15) is 0 Å². The summed E-state index contributed by atoms with van der Waals surface area (Å²) in [7, 11) is 0. The Kier molecular flexibility index (Phi) is 5.96. The number of anilines is 1. The van der Waals surface area contributed by atoms with Crippen LogP contribution >= 0.6 is 23.4 Å². The molecule has 2 N–H and O–H groups in total. The summed E-state index contributed by atoms with van der Waals surface area (Å²) in [5.41, 5.74) is 3.99. The van der Waals surface area contributed by atoms with Crippen molar-refractivity contribution in [3.63, 3.8) is 0 Å². The highest BCUT2D eigenvalue weighted by atomic mass is 35.5. The van der Waals surface area contributed by atoms with Crippen LogP contribution in [0.1, 0.15) is 18.1 Å². The highest BCUT2D eigenvalue weighted by molar-refractivity contribution is 7.99. The van der Waals surface area contributed by atoms with E-state index in [0.29, 0.717) is 16.0 Å². The van der Waals surface area contributed by atoms with Gasteiger partial charge in [-0.3, -0.25) is 9.89 Å². The van der Waals surface area contributed by atoms with Gasteiger partial charge < -0.3 is 5.32 Å². The molecule has 0 bridgehead atoms. The lowest BCUT2D eigenvalue weighted by molar-refractivity contribution is -0.113. The predicted molar refractivity (Wildman–Crippen MR) is 107 cm³/mol. The van der Waals surface area contributed by atoms with Crippen molar-refractivity contribution in [3.8, 4) is 11.4 Å². The smallest absolute Gasteiger partial charge is 0.234 e.